The Morgan fingerprint density at radius 3 is 2.50 bits per heavy atom. The Hall–Kier alpha value is -3.08. The van der Waals surface area contributed by atoms with Crippen LogP contribution in [0.1, 0.15) is 17.1 Å². The molecule has 0 aliphatic heterocycles. The van der Waals surface area contributed by atoms with Gasteiger partial charge in [-0.25, -0.2) is 4.98 Å². The fourth-order valence-electron chi connectivity index (χ4n) is 2.47. The maximum atomic E-state index is 5.76. The number of rotatable bonds is 5. The molecule has 0 spiro atoms. The van der Waals surface area contributed by atoms with Crippen molar-refractivity contribution in [1.29, 1.82) is 0 Å². The molecule has 5 heteroatoms. The van der Waals surface area contributed by atoms with Crippen molar-refractivity contribution in [2.24, 2.45) is 4.99 Å². The van der Waals surface area contributed by atoms with Crippen molar-refractivity contribution in [2.45, 2.75) is 20.8 Å². The molecule has 2 aromatic heterocycles. The maximum absolute atomic E-state index is 5.76. The number of benzene rings is 1. The minimum atomic E-state index is 0.726. The standard InChI is InChI=1S/C19H20N4O/c1-13-5-8-16(9-6-13)22-19-18(17-10-7-14(2)24-17)21-15(3)23(19)12-11-20-4/h5-12,22H,4H2,1-3H3. The lowest BCUT2D eigenvalue weighted by Crippen LogP contribution is -1.99. The summed E-state index contributed by atoms with van der Waals surface area (Å²) in [7, 11) is 0. The zero-order chi connectivity index (χ0) is 17.1. The van der Waals surface area contributed by atoms with Gasteiger partial charge in [-0.2, -0.15) is 0 Å². The number of anilines is 2. The second kappa shape index (κ2) is 6.58. The zero-order valence-electron chi connectivity index (χ0n) is 14.1. The van der Waals surface area contributed by atoms with Gasteiger partial charge in [0.1, 0.15) is 23.1 Å². The average Bonchev–Trinajstić information content (AvgIpc) is 3.12. The van der Waals surface area contributed by atoms with Crippen LogP contribution in [0.5, 0.6) is 0 Å². The highest BCUT2D eigenvalue weighted by Crippen LogP contribution is 2.32. The van der Waals surface area contributed by atoms with E-state index in [9.17, 15) is 0 Å². The maximum Gasteiger partial charge on any atom is 0.156 e. The molecule has 0 radical (unpaired) electrons. The number of aryl methyl sites for hydroxylation is 3. The molecule has 0 aliphatic carbocycles. The number of nitrogens with zero attached hydrogens (tertiary/aromatic N) is 3. The third-order valence-corrected chi connectivity index (χ3v) is 3.70. The first-order valence-corrected chi connectivity index (χ1v) is 7.70. The number of hydrogen-bond donors (Lipinski definition) is 1. The van der Waals surface area contributed by atoms with Crippen LogP contribution in [-0.4, -0.2) is 16.3 Å². The van der Waals surface area contributed by atoms with Crippen molar-refractivity contribution in [1.82, 2.24) is 9.55 Å². The fourth-order valence-corrected chi connectivity index (χ4v) is 2.47. The van der Waals surface area contributed by atoms with Crippen molar-refractivity contribution in [3.8, 4) is 11.5 Å². The van der Waals surface area contributed by atoms with E-state index in [1.807, 2.05) is 48.9 Å². The van der Waals surface area contributed by atoms with Crippen molar-refractivity contribution in [3.05, 3.63) is 59.7 Å². The summed E-state index contributed by atoms with van der Waals surface area (Å²) in [6.45, 7) is 9.41. The van der Waals surface area contributed by atoms with E-state index >= 15 is 0 Å². The Morgan fingerprint density at radius 1 is 1.12 bits per heavy atom. The molecular formula is C19H20N4O. The van der Waals surface area contributed by atoms with Gasteiger partial charge in [-0.05, 0) is 51.8 Å². The van der Waals surface area contributed by atoms with E-state index in [0.29, 0.717) is 0 Å². The minimum absolute atomic E-state index is 0.726. The molecule has 3 rings (SSSR count). The van der Waals surface area contributed by atoms with Crippen LogP contribution in [0.2, 0.25) is 0 Å². The number of hydrogen-bond acceptors (Lipinski definition) is 4. The van der Waals surface area contributed by atoms with Crippen LogP contribution in [0.15, 0.2) is 52.0 Å². The van der Waals surface area contributed by atoms with Gasteiger partial charge in [-0.15, -0.1) is 0 Å². The molecule has 1 aromatic carbocycles. The van der Waals surface area contributed by atoms with Gasteiger partial charge in [0, 0.05) is 18.1 Å². The van der Waals surface area contributed by atoms with E-state index in [-0.39, 0.29) is 0 Å². The average molecular weight is 320 g/mol. The van der Waals surface area contributed by atoms with E-state index in [4.69, 9.17) is 4.42 Å². The third kappa shape index (κ3) is 3.15. The number of imidazole rings is 1. The van der Waals surface area contributed by atoms with E-state index in [2.05, 4.69) is 41.1 Å². The molecule has 0 amide bonds. The molecule has 24 heavy (non-hydrogen) atoms. The molecule has 3 aromatic rings. The predicted octanol–water partition coefficient (Wildman–Crippen LogP) is 4.94. The first kappa shape index (κ1) is 15.8. The summed E-state index contributed by atoms with van der Waals surface area (Å²) in [5.74, 6) is 3.23. The molecule has 0 fully saturated rings. The summed E-state index contributed by atoms with van der Waals surface area (Å²) < 4.78 is 7.70. The van der Waals surface area contributed by atoms with Gasteiger partial charge in [0.05, 0.1) is 0 Å². The number of aliphatic imine (C=N–C) groups is 1. The zero-order valence-corrected chi connectivity index (χ0v) is 14.1. The molecular weight excluding hydrogens is 300 g/mol. The molecule has 2 heterocycles. The lowest BCUT2D eigenvalue weighted by molar-refractivity contribution is 0.547. The lowest BCUT2D eigenvalue weighted by atomic mass is 10.2. The minimum Gasteiger partial charge on any atom is -0.460 e. The highest BCUT2D eigenvalue weighted by Gasteiger charge is 2.18. The SMILES string of the molecule is C=NC=Cn1c(C)nc(-c2ccc(C)o2)c1Nc1ccc(C)cc1. The fraction of sp³-hybridized carbons (Fsp3) is 0.158. The molecule has 0 saturated carbocycles. The van der Waals surface area contributed by atoms with Gasteiger partial charge in [0.25, 0.3) is 0 Å². The molecule has 122 valence electrons. The quantitative estimate of drug-likeness (QED) is 0.677. The summed E-state index contributed by atoms with van der Waals surface area (Å²) in [5, 5.41) is 3.43. The van der Waals surface area contributed by atoms with E-state index in [1.165, 1.54) is 5.56 Å². The van der Waals surface area contributed by atoms with Gasteiger partial charge in [-0.3, -0.25) is 9.56 Å². The van der Waals surface area contributed by atoms with Crippen LogP contribution in [0.4, 0.5) is 11.5 Å². The topological polar surface area (TPSA) is 55.4 Å². The molecule has 0 aliphatic rings. The Bertz CT molecular complexity index is 885. The number of furan rings is 1. The summed E-state index contributed by atoms with van der Waals surface area (Å²) in [5.41, 5.74) is 2.95. The van der Waals surface area contributed by atoms with E-state index in [0.717, 1.165) is 34.5 Å². The largest absolute Gasteiger partial charge is 0.460 e. The normalized spacial score (nSPS) is 11.1. The molecule has 0 bridgehead atoms. The van der Waals surface area contributed by atoms with Crippen LogP contribution >= 0.6 is 0 Å². The second-order valence-corrected chi connectivity index (χ2v) is 5.61. The van der Waals surface area contributed by atoms with Gasteiger partial charge < -0.3 is 9.73 Å². The number of aromatic nitrogens is 2. The summed E-state index contributed by atoms with van der Waals surface area (Å²) >= 11 is 0. The number of nitrogens with one attached hydrogen (secondary N) is 1. The first-order chi connectivity index (χ1) is 11.6. The smallest absolute Gasteiger partial charge is 0.156 e. The van der Waals surface area contributed by atoms with Crippen molar-refractivity contribution in [3.63, 3.8) is 0 Å². The highest BCUT2D eigenvalue weighted by atomic mass is 16.3. The van der Waals surface area contributed by atoms with E-state index < -0.39 is 0 Å². The Labute approximate surface area is 141 Å². The van der Waals surface area contributed by atoms with Gasteiger partial charge in [0.2, 0.25) is 0 Å². The molecule has 1 N–H and O–H groups in total. The van der Waals surface area contributed by atoms with Crippen molar-refractivity contribution < 1.29 is 4.42 Å². The summed E-state index contributed by atoms with van der Waals surface area (Å²) in [6.07, 6.45) is 3.46. The van der Waals surface area contributed by atoms with E-state index in [1.54, 1.807) is 6.20 Å². The van der Waals surface area contributed by atoms with Gasteiger partial charge >= 0.3 is 0 Å². The van der Waals surface area contributed by atoms with Gasteiger partial charge in [-0.1, -0.05) is 17.7 Å². The first-order valence-electron chi connectivity index (χ1n) is 7.70. The van der Waals surface area contributed by atoms with Crippen LogP contribution < -0.4 is 5.32 Å². The van der Waals surface area contributed by atoms with Crippen LogP contribution in [0.3, 0.4) is 0 Å². The molecule has 0 saturated heterocycles. The van der Waals surface area contributed by atoms with Crippen molar-refractivity contribution in [2.75, 3.05) is 5.32 Å². The highest BCUT2D eigenvalue weighted by molar-refractivity contribution is 5.75. The summed E-state index contributed by atoms with van der Waals surface area (Å²) in [6, 6.07) is 12.1. The third-order valence-electron chi connectivity index (χ3n) is 3.70. The van der Waals surface area contributed by atoms with Crippen molar-refractivity contribution >= 4 is 24.4 Å². The monoisotopic (exact) mass is 320 g/mol. The second-order valence-electron chi connectivity index (χ2n) is 5.61. The molecule has 5 nitrogen and oxygen atoms in total. The lowest BCUT2D eigenvalue weighted by Gasteiger charge is -2.10. The Balaban J connectivity index is 2.10. The molecule has 0 unspecified atom stereocenters. The van der Waals surface area contributed by atoms with Crippen LogP contribution in [0.25, 0.3) is 17.7 Å². The predicted molar refractivity (Wildman–Crippen MR) is 98.7 cm³/mol. The Kier molecular flexibility index (Phi) is 4.33. The van der Waals surface area contributed by atoms with Crippen LogP contribution in [-0.2, 0) is 0 Å². The summed E-state index contributed by atoms with van der Waals surface area (Å²) in [4.78, 5) is 8.44. The van der Waals surface area contributed by atoms with Crippen LogP contribution in [0, 0.1) is 20.8 Å². The Morgan fingerprint density at radius 2 is 1.88 bits per heavy atom. The van der Waals surface area contributed by atoms with Gasteiger partial charge in [0.15, 0.2) is 5.76 Å². The molecule has 0 atom stereocenters.